The summed E-state index contributed by atoms with van der Waals surface area (Å²) < 4.78 is 0. The van der Waals surface area contributed by atoms with Gasteiger partial charge in [0.25, 0.3) is 40.7 Å². The Hall–Kier alpha value is -13.9. The van der Waals surface area contributed by atoms with Gasteiger partial charge in [-0.1, -0.05) is 12.8 Å². The van der Waals surface area contributed by atoms with E-state index < -0.39 is 162 Å². The van der Waals surface area contributed by atoms with Gasteiger partial charge in [0.15, 0.2) is 17.9 Å². The number of rotatable bonds is 75. The molecule has 0 aliphatic heterocycles. The number of carboxylic acids is 6. The number of nitrogens with one attached hydrogen (secondary N) is 6. The summed E-state index contributed by atoms with van der Waals surface area (Å²) in [5, 5.41) is 140. The van der Waals surface area contributed by atoms with E-state index in [0.29, 0.717) is 94.4 Å². The van der Waals surface area contributed by atoms with Crippen LogP contribution in [0.25, 0.3) is 0 Å². The number of hydrogen-bond acceptors (Lipinski definition) is 42. The summed E-state index contributed by atoms with van der Waals surface area (Å²) in [6.45, 7) is -0.947. The van der Waals surface area contributed by atoms with Crippen molar-refractivity contribution in [1.82, 2.24) is 31.9 Å². The van der Waals surface area contributed by atoms with Crippen molar-refractivity contribution in [3.8, 4) is 0 Å². The summed E-state index contributed by atoms with van der Waals surface area (Å²) in [5.41, 5.74) is 30.8. The normalized spacial score (nSPS) is 11.8. The fourth-order valence-corrected chi connectivity index (χ4v) is 10.8. The molecule has 24 N–H and O–H groups in total. The Morgan fingerprint density at radius 1 is 0.278 bits per heavy atom. The highest BCUT2D eigenvalue weighted by molar-refractivity contribution is 7.99. The van der Waals surface area contributed by atoms with Crippen molar-refractivity contribution in [3.63, 3.8) is 0 Å². The molecule has 8 atom stereocenters. The minimum absolute atomic E-state index is 0.00309. The molecule has 0 heterocycles. The molecule has 8 unspecified atom stereocenters. The summed E-state index contributed by atoms with van der Waals surface area (Å²) in [6.07, 6.45) is 9.27. The predicted octanol–water partition coefficient (Wildman–Crippen LogP) is -1.82. The average Bonchev–Trinajstić information content (AvgIpc) is 0.927. The van der Waals surface area contributed by atoms with E-state index in [2.05, 4.69) is 85.6 Å². The van der Waals surface area contributed by atoms with E-state index >= 15 is 0 Å². The average molecular weight is 1990 g/mol. The van der Waals surface area contributed by atoms with Gasteiger partial charge in [-0.2, -0.15) is 35.3 Å². The van der Waals surface area contributed by atoms with Crippen LogP contribution in [0.5, 0.6) is 0 Å². The molecule has 133 heavy (non-hydrogen) atoms. The molecule has 68 heteroatoms. The van der Waals surface area contributed by atoms with E-state index in [9.17, 15) is 138 Å². The lowest BCUT2D eigenvalue weighted by Gasteiger charge is -2.15. The predicted molar refractivity (Wildman–Crippen MR) is 461 cm³/mol. The van der Waals surface area contributed by atoms with E-state index in [0.717, 1.165) is 0 Å². The van der Waals surface area contributed by atoms with Gasteiger partial charge in [-0.05, 0) is 158 Å². The zero-order chi connectivity index (χ0) is 103. The van der Waals surface area contributed by atoms with Crippen molar-refractivity contribution in [2.45, 2.75) is 222 Å². The minimum Gasteiger partial charge on any atom is -0.480 e. The van der Waals surface area contributed by atoms with Crippen LogP contribution >= 0.6 is 35.3 Å². The first kappa shape index (κ1) is 130. The number of carboxylic acid groups (broad SMARTS) is 6. The number of guanidine groups is 3. The van der Waals surface area contributed by atoms with Crippen molar-refractivity contribution in [3.05, 3.63) is 80.9 Å². The van der Waals surface area contributed by atoms with Gasteiger partial charge in [0.2, 0.25) is 35.4 Å². The lowest BCUT2D eigenvalue weighted by molar-refractivity contribution is -0.790. The van der Waals surface area contributed by atoms with E-state index in [4.69, 9.17) is 65.0 Å². The van der Waals surface area contributed by atoms with Gasteiger partial charge in [0.05, 0.1) is 26.4 Å². The fourth-order valence-electron chi connectivity index (χ4n) is 9.36. The number of carbonyl (C=O) groups is 12. The third-order valence-corrected chi connectivity index (χ3v) is 17.4. The van der Waals surface area contributed by atoms with Gasteiger partial charge in [-0.15, -0.1) is 80.9 Å². The number of thioether (sulfide) groups is 3. The quantitative estimate of drug-likeness (QED) is 0.0105. The zero-order valence-electron chi connectivity index (χ0n) is 72.7. The Kier molecular flexibility index (Phi) is 82.9. The van der Waals surface area contributed by atoms with Crippen LogP contribution in [-0.2, 0) is 96.2 Å². The molecular formula is C65H119N23O42S3. The molecule has 0 aromatic heterocycles. The molecule has 0 aliphatic rings. The van der Waals surface area contributed by atoms with Crippen LogP contribution in [0.3, 0.4) is 0 Å². The highest BCUT2D eigenvalue weighted by Gasteiger charge is 2.27. The zero-order valence-corrected chi connectivity index (χ0v) is 75.1. The van der Waals surface area contributed by atoms with Crippen molar-refractivity contribution in [2.75, 3.05) is 95.3 Å². The summed E-state index contributed by atoms with van der Waals surface area (Å²) >= 11 is 4.46. The first-order valence-electron chi connectivity index (χ1n) is 39.5. The summed E-state index contributed by atoms with van der Waals surface area (Å²) in [4.78, 5) is 260. The molecule has 0 bridgehead atoms. The third kappa shape index (κ3) is 95.5. The summed E-state index contributed by atoms with van der Waals surface area (Å²) in [6, 6.07) is -5.96. The fraction of sp³-hybridized carbons (Fsp3) is 0.769. The van der Waals surface area contributed by atoms with Gasteiger partial charge in [0.1, 0.15) is 61.7 Å². The van der Waals surface area contributed by atoms with Gasteiger partial charge in [0, 0.05) is 58.2 Å². The highest BCUT2D eigenvalue weighted by Crippen LogP contribution is 2.13. The topological polar surface area (TPSA) is 1010 Å². The molecule has 0 aromatic rings. The van der Waals surface area contributed by atoms with E-state index in [1.807, 2.05) is 18.8 Å². The molecule has 0 fully saturated rings. The molecule has 6 amide bonds. The molecule has 0 rings (SSSR count). The van der Waals surface area contributed by atoms with Crippen LogP contribution in [0.2, 0.25) is 0 Å². The Bertz CT molecular complexity index is 3600. The maximum absolute atomic E-state index is 11.8. The second-order valence-corrected chi connectivity index (χ2v) is 29.2. The number of nitrogens with zero attached hydrogens (tertiary/aromatic N) is 11. The molecule has 0 saturated carbocycles. The molecule has 0 aromatic carbocycles. The van der Waals surface area contributed by atoms with Crippen molar-refractivity contribution in [2.24, 2.45) is 49.4 Å². The number of aliphatic carboxylic acids is 6. The van der Waals surface area contributed by atoms with Gasteiger partial charge in [-0.3, -0.25) is 43.7 Å². The Labute approximate surface area is 768 Å². The lowest BCUT2D eigenvalue weighted by Crippen LogP contribution is -2.41. The number of unbranched alkanes of at least 4 members (excludes halogenated alkanes) is 4. The smallest absolute Gasteiger partial charge is 0.326 e. The second-order valence-electron chi connectivity index (χ2n) is 26.2. The SMILES string of the molecule is CSCCC(NC(=O)CCCC(CO[N+](=O)[O-])O[N+](=O)[O-])C(=O)O.CSCCC(NC(=O)CCCCCO[N+](=O)[O-])C(=O)O.CSCCC(NC(=O)CCCO[N+](=O)[O-])C(=O)O.NC(N)=NCCCC(NC(=O)CCCC(CO[N+](=O)[O-])O[N+](=O)[O-])C(=O)O.NC(N)=NCCCC(NC(=O)CCCCCO[N+](=O)[O-])C(=O)O.NC(N)=NCCCC(NC(=O)CCCO[N+](=O)[O-])C(=O)O. The number of aliphatic imine (C=N–C) groups is 3. The third-order valence-electron chi connectivity index (χ3n) is 15.5. The summed E-state index contributed by atoms with van der Waals surface area (Å²) in [7, 11) is 0. The Morgan fingerprint density at radius 2 is 0.481 bits per heavy atom. The maximum Gasteiger partial charge on any atom is 0.326 e. The minimum atomic E-state index is -1.23. The van der Waals surface area contributed by atoms with E-state index in [1.165, 1.54) is 35.3 Å². The lowest BCUT2D eigenvalue weighted by atomic mass is 10.1. The molecular weight excluding hydrogens is 1870 g/mol. The van der Waals surface area contributed by atoms with Crippen LogP contribution in [-0.4, -0.2) is 304 Å². The molecule has 0 radical (unpaired) electrons. The number of amides is 6. The van der Waals surface area contributed by atoms with Crippen molar-refractivity contribution >= 4 is 124 Å². The molecule has 0 aliphatic carbocycles. The molecule has 65 nitrogen and oxygen atoms in total. The van der Waals surface area contributed by atoms with E-state index in [-0.39, 0.29) is 172 Å². The summed E-state index contributed by atoms with van der Waals surface area (Å²) in [5.74, 6) is -8.01. The van der Waals surface area contributed by atoms with Crippen LogP contribution in [0.15, 0.2) is 15.0 Å². The largest absolute Gasteiger partial charge is 0.480 e. The number of nitrogens with two attached hydrogens (primary N) is 6. The Morgan fingerprint density at radius 3 is 0.677 bits per heavy atom. The van der Waals surface area contributed by atoms with Crippen LogP contribution in [0, 0.1) is 80.9 Å². The van der Waals surface area contributed by atoms with Gasteiger partial charge >= 0.3 is 35.8 Å². The number of hydrogen-bond donors (Lipinski definition) is 18. The molecule has 0 saturated heterocycles. The van der Waals surface area contributed by atoms with E-state index in [1.54, 1.807) is 0 Å². The second kappa shape index (κ2) is 84.9. The molecule has 764 valence electrons. The first-order chi connectivity index (χ1) is 62.5. The van der Waals surface area contributed by atoms with Crippen LogP contribution in [0.4, 0.5) is 0 Å². The van der Waals surface area contributed by atoms with Crippen molar-refractivity contribution < 1.29 is 168 Å². The number of carbonyl (C=O) groups excluding carboxylic acids is 6. The van der Waals surface area contributed by atoms with Crippen molar-refractivity contribution in [1.29, 1.82) is 0 Å². The first-order valence-corrected chi connectivity index (χ1v) is 43.7. The highest BCUT2D eigenvalue weighted by atomic mass is 32.2. The Balaban J connectivity index is -0.000000365. The standard InChI is InChI=1S/C12H22N6O9.C12H23N5O6.C11H19N3O9S.C11H20N2O6S.C10H19N5O6.C9H16N2O6S/c13-12(14)15-6-2-4-9(11(20)21)16-10(19)5-1-3-8(27-18(24)25)7-26-17(22)23;13-12(14)15-7-4-5-9(11(19)20)16-10(18)6-2-1-3-8-23-17(21)22;1-24-6-5-9(11(16)17)12-10(15)4-2-3-8(23-14(20)21)7-22-13(18)19;1-20-8-6-9(11(15)16)12-10(14)5-3-2-4-7-19-13(17)18;11-10(12)13-5-1-3-7(9(17)18)14-8(16)4-2-6-21-15(19)20;1-18-6-4-7(9(13)14)10-8(12)3-2-5-17-11(15)16/h8-9H,1-7H2,(H,16,19)(H,20,21)(H4,13,14,15);9H,1-8H2,(H,16,18)(H,19,20)(H4,13,14,15);8-9H,2-7H2,1H3,(H,12,15)(H,16,17);9H,2-8H2,1H3,(H,12,14)(H,15,16);7H,1-6H2,(H,14,16)(H,17,18)(H4,11,12,13);7H,2-6H2,1H3,(H,10,12)(H,13,14). The van der Waals surface area contributed by atoms with Gasteiger partial charge in [-0.25, -0.2) is 28.8 Å². The van der Waals surface area contributed by atoms with Crippen LogP contribution in [0.1, 0.15) is 173 Å². The van der Waals surface area contributed by atoms with Gasteiger partial charge < -0.3 is 136 Å². The monoisotopic (exact) mass is 1990 g/mol. The maximum atomic E-state index is 11.8. The molecule has 0 spiro atoms. The van der Waals surface area contributed by atoms with Crippen LogP contribution < -0.4 is 66.3 Å².